The molecule has 0 spiro atoms. The molecule has 1 amide bonds. The Labute approximate surface area is 188 Å². The summed E-state index contributed by atoms with van der Waals surface area (Å²) in [5.41, 5.74) is 0.264. The first-order valence-electron chi connectivity index (χ1n) is 9.77. The number of hydrogen-bond donors (Lipinski definition) is 1. The largest absolute Gasteiger partial charge is 0.443 e. The second kappa shape index (κ2) is 8.88. The van der Waals surface area contributed by atoms with Gasteiger partial charge in [-0.05, 0) is 37.0 Å². The van der Waals surface area contributed by atoms with Crippen LogP contribution in [0, 0.1) is 19.8 Å². The number of hydrogen-bond acceptors (Lipinski definition) is 5. The molecule has 1 saturated carbocycles. The van der Waals surface area contributed by atoms with Gasteiger partial charge in [-0.3, -0.25) is 14.4 Å². The molecule has 1 heterocycles. The summed E-state index contributed by atoms with van der Waals surface area (Å²) >= 11 is -0.403. The van der Waals surface area contributed by atoms with Gasteiger partial charge in [-0.25, -0.2) is 4.98 Å². The number of Topliss-reactive ketones (excluding diaryl/α,β-unsaturated/α-hetero) is 2. The average molecular weight is 492 g/mol. The van der Waals surface area contributed by atoms with E-state index in [9.17, 15) is 40.7 Å². The number of aryl methyl sites for hydroxylation is 2. The standard InChI is InChI=1S/C21H18F6N2O3S/c1-9-4-3-5-10(2)13(9)14-12(30)8-11(15(14)31)6-7-28-18(32)16-17(20(22,23)24)29-19(33-16)21(25,26)27/h3-5,11,14H,6-8H2,1-2H3,(H,28,32). The van der Waals surface area contributed by atoms with Crippen LogP contribution < -0.4 is 5.32 Å². The monoisotopic (exact) mass is 492 g/mol. The Morgan fingerprint density at radius 3 is 2.24 bits per heavy atom. The van der Waals surface area contributed by atoms with E-state index < -0.39 is 57.0 Å². The second-order valence-corrected chi connectivity index (χ2v) is 8.74. The Hall–Kier alpha value is -2.76. The lowest BCUT2D eigenvalue weighted by atomic mass is 9.87. The van der Waals surface area contributed by atoms with Crippen LogP contribution in [0.2, 0.25) is 0 Å². The fourth-order valence-electron chi connectivity index (χ4n) is 3.91. The predicted molar refractivity (Wildman–Crippen MR) is 106 cm³/mol. The van der Waals surface area contributed by atoms with Gasteiger partial charge in [0.15, 0.2) is 16.5 Å². The van der Waals surface area contributed by atoms with Gasteiger partial charge in [-0.2, -0.15) is 26.3 Å². The van der Waals surface area contributed by atoms with E-state index in [1.807, 2.05) is 0 Å². The lowest BCUT2D eigenvalue weighted by molar-refractivity contribution is -0.147. The zero-order valence-corrected chi connectivity index (χ0v) is 18.2. The Morgan fingerprint density at radius 1 is 1.09 bits per heavy atom. The van der Waals surface area contributed by atoms with Crippen LogP contribution in [-0.2, 0) is 21.9 Å². The molecule has 1 aromatic carbocycles. The Morgan fingerprint density at radius 2 is 1.70 bits per heavy atom. The quantitative estimate of drug-likeness (QED) is 0.478. The summed E-state index contributed by atoms with van der Waals surface area (Å²) < 4.78 is 77.5. The van der Waals surface area contributed by atoms with Crippen LogP contribution in [0.5, 0.6) is 0 Å². The van der Waals surface area contributed by atoms with Crippen molar-refractivity contribution in [1.29, 1.82) is 0 Å². The van der Waals surface area contributed by atoms with Crippen molar-refractivity contribution >= 4 is 28.8 Å². The number of rotatable bonds is 5. The normalized spacial score (nSPS) is 19.3. The van der Waals surface area contributed by atoms with Gasteiger partial charge in [0.1, 0.15) is 16.6 Å². The molecule has 33 heavy (non-hydrogen) atoms. The first-order chi connectivity index (χ1) is 15.2. The molecule has 0 aliphatic heterocycles. The maximum atomic E-state index is 13.1. The highest BCUT2D eigenvalue weighted by atomic mass is 32.1. The van der Waals surface area contributed by atoms with Crippen LogP contribution in [0.15, 0.2) is 18.2 Å². The predicted octanol–water partition coefficient (Wildman–Crippen LogP) is 4.86. The lowest BCUT2D eigenvalue weighted by Gasteiger charge is -2.15. The topological polar surface area (TPSA) is 76.1 Å². The molecule has 0 saturated heterocycles. The molecule has 1 N–H and O–H groups in total. The molecule has 3 rings (SSSR count). The minimum atomic E-state index is -5.25. The third-order valence-corrected chi connectivity index (χ3v) is 6.51. The molecule has 1 fully saturated rings. The number of nitrogens with one attached hydrogen (secondary N) is 1. The van der Waals surface area contributed by atoms with Gasteiger partial charge < -0.3 is 5.32 Å². The van der Waals surface area contributed by atoms with Crippen molar-refractivity contribution < 1.29 is 40.7 Å². The number of thiazole rings is 1. The first-order valence-corrected chi connectivity index (χ1v) is 10.6. The van der Waals surface area contributed by atoms with Gasteiger partial charge in [0.05, 0.1) is 0 Å². The zero-order chi connectivity index (χ0) is 24.7. The fourth-order valence-corrected chi connectivity index (χ4v) is 4.78. The maximum Gasteiger partial charge on any atom is 0.443 e. The Bertz CT molecular complexity index is 1090. The maximum absolute atomic E-state index is 13.1. The molecule has 5 nitrogen and oxygen atoms in total. The highest BCUT2D eigenvalue weighted by Gasteiger charge is 2.45. The number of nitrogens with zero attached hydrogens (tertiary/aromatic N) is 1. The molecule has 1 aliphatic carbocycles. The number of halogens is 6. The summed E-state index contributed by atoms with van der Waals surface area (Å²) in [5, 5.41) is 0.332. The molecule has 0 bridgehead atoms. The van der Waals surface area contributed by atoms with E-state index in [-0.39, 0.29) is 31.0 Å². The van der Waals surface area contributed by atoms with Gasteiger partial charge in [-0.1, -0.05) is 18.2 Å². The van der Waals surface area contributed by atoms with Crippen LogP contribution in [0.1, 0.15) is 55.8 Å². The average Bonchev–Trinajstić information content (AvgIpc) is 3.25. The molecule has 178 valence electrons. The van der Waals surface area contributed by atoms with Crippen molar-refractivity contribution in [2.45, 2.75) is 45.0 Å². The van der Waals surface area contributed by atoms with E-state index in [2.05, 4.69) is 10.3 Å². The van der Waals surface area contributed by atoms with Gasteiger partial charge in [0.2, 0.25) is 0 Å². The number of amides is 1. The molecular formula is C21H18F6N2O3S. The van der Waals surface area contributed by atoms with E-state index in [4.69, 9.17) is 0 Å². The second-order valence-electron chi connectivity index (χ2n) is 7.75. The van der Waals surface area contributed by atoms with Crippen molar-refractivity contribution in [1.82, 2.24) is 10.3 Å². The zero-order valence-electron chi connectivity index (χ0n) is 17.4. The number of alkyl halides is 6. The minimum Gasteiger partial charge on any atom is -0.351 e. The highest BCUT2D eigenvalue weighted by Crippen LogP contribution is 2.40. The number of benzene rings is 1. The van der Waals surface area contributed by atoms with Crippen molar-refractivity contribution in [3.8, 4) is 0 Å². The lowest BCUT2D eigenvalue weighted by Crippen LogP contribution is -2.28. The summed E-state index contributed by atoms with van der Waals surface area (Å²) in [6.45, 7) is 3.26. The van der Waals surface area contributed by atoms with Crippen molar-refractivity contribution in [3.63, 3.8) is 0 Å². The van der Waals surface area contributed by atoms with Crippen LogP contribution in [0.3, 0.4) is 0 Å². The van der Waals surface area contributed by atoms with Crippen LogP contribution >= 0.6 is 11.3 Å². The minimum absolute atomic E-state index is 0.0377. The van der Waals surface area contributed by atoms with E-state index in [0.717, 1.165) is 11.1 Å². The van der Waals surface area contributed by atoms with E-state index in [0.29, 0.717) is 5.56 Å². The SMILES string of the molecule is Cc1cccc(C)c1C1C(=O)CC(CCNC(=O)c2sc(C(F)(F)F)nc2C(F)(F)F)C1=O. The van der Waals surface area contributed by atoms with Gasteiger partial charge in [0, 0.05) is 18.9 Å². The van der Waals surface area contributed by atoms with E-state index in [1.54, 1.807) is 32.0 Å². The summed E-state index contributed by atoms with van der Waals surface area (Å²) in [6, 6.07) is 5.35. The number of carbonyl (C=O) groups excluding carboxylic acids is 3. The number of ketones is 2. The summed E-state index contributed by atoms with van der Waals surface area (Å²) in [6.07, 6.45) is -10.5. The van der Waals surface area contributed by atoms with Crippen LogP contribution in [-0.4, -0.2) is 29.0 Å². The highest BCUT2D eigenvalue weighted by molar-refractivity contribution is 7.14. The molecule has 2 atom stereocenters. The molecule has 2 unspecified atom stereocenters. The molecule has 1 aliphatic rings. The number of carbonyl (C=O) groups is 3. The van der Waals surface area contributed by atoms with Crippen LogP contribution in [0.25, 0.3) is 0 Å². The van der Waals surface area contributed by atoms with Crippen molar-refractivity contribution in [2.75, 3.05) is 6.54 Å². The van der Waals surface area contributed by atoms with Gasteiger partial charge >= 0.3 is 12.4 Å². The van der Waals surface area contributed by atoms with Gasteiger partial charge in [-0.15, -0.1) is 11.3 Å². The van der Waals surface area contributed by atoms with E-state index in [1.165, 1.54) is 0 Å². The summed E-state index contributed by atoms with van der Waals surface area (Å²) in [7, 11) is 0. The third-order valence-electron chi connectivity index (χ3n) is 5.41. The summed E-state index contributed by atoms with van der Waals surface area (Å²) in [4.78, 5) is 38.9. The smallest absolute Gasteiger partial charge is 0.351 e. The molecule has 1 aromatic heterocycles. The van der Waals surface area contributed by atoms with Crippen LogP contribution in [0.4, 0.5) is 26.3 Å². The van der Waals surface area contributed by atoms with E-state index >= 15 is 0 Å². The third kappa shape index (κ3) is 5.10. The van der Waals surface area contributed by atoms with Crippen molar-refractivity contribution in [3.05, 3.63) is 50.5 Å². The summed E-state index contributed by atoms with van der Waals surface area (Å²) in [5.74, 6) is -3.71. The Balaban J connectivity index is 1.70. The van der Waals surface area contributed by atoms with Crippen molar-refractivity contribution in [2.24, 2.45) is 5.92 Å². The Kier molecular flexibility index (Phi) is 6.69. The molecular weight excluding hydrogens is 474 g/mol. The molecule has 0 radical (unpaired) electrons. The molecule has 2 aromatic rings. The number of aromatic nitrogens is 1. The fraction of sp³-hybridized carbons (Fsp3) is 0.429. The van der Waals surface area contributed by atoms with Gasteiger partial charge in [0.25, 0.3) is 5.91 Å². The molecule has 12 heteroatoms. The first kappa shape index (κ1) is 24.9.